The molecule has 1 N–H and O–H groups in total. The molecule has 3 nitrogen and oxygen atoms in total. The van der Waals surface area contributed by atoms with E-state index in [1.165, 1.54) is 25.7 Å². The molecule has 3 fully saturated rings. The molecule has 2 unspecified atom stereocenters. The third-order valence-electron chi connectivity index (χ3n) is 7.00. The van der Waals surface area contributed by atoms with Crippen LogP contribution in [0, 0.1) is 23.2 Å². The highest BCUT2D eigenvalue weighted by Gasteiger charge is 2.51. The zero-order chi connectivity index (χ0) is 17.6. The Morgan fingerprint density at radius 3 is 2.58 bits per heavy atom. The van der Waals surface area contributed by atoms with Crippen LogP contribution in [-0.2, 0) is 9.47 Å². The van der Waals surface area contributed by atoms with Crippen LogP contribution >= 0.6 is 0 Å². The van der Waals surface area contributed by atoms with E-state index >= 15 is 0 Å². The molecule has 3 rings (SSSR count). The number of ether oxygens (including phenoxy) is 2. The minimum Gasteiger partial charge on any atom is -0.393 e. The zero-order valence-electron chi connectivity index (χ0n) is 16.2. The fourth-order valence-electron chi connectivity index (χ4n) is 5.80. The number of hydrogen-bond donors (Lipinski definition) is 1. The maximum atomic E-state index is 10.4. The Hall–Kier alpha value is -0.380. The minimum absolute atomic E-state index is 0.0740. The lowest BCUT2D eigenvalue weighted by atomic mass is 9.62. The topological polar surface area (TPSA) is 38.7 Å². The normalized spacial score (nSPS) is 46.3. The summed E-state index contributed by atoms with van der Waals surface area (Å²) in [7, 11) is 0. The fourth-order valence-corrected chi connectivity index (χ4v) is 5.80. The maximum Gasteiger partial charge on any atom is 0.163 e. The highest BCUT2D eigenvalue weighted by atomic mass is 16.7. The molecule has 3 heteroatoms. The van der Waals surface area contributed by atoms with Crippen molar-refractivity contribution in [1.29, 1.82) is 0 Å². The van der Waals surface area contributed by atoms with Crippen LogP contribution in [0.15, 0.2) is 12.2 Å². The summed E-state index contributed by atoms with van der Waals surface area (Å²) in [6.45, 7) is 11.6. The Kier molecular flexibility index (Phi) is 4.92. The summed E-state index contributed by atoms with van der Waals surface area (Å²) in [6.07, 6.45) is 11.4. The van der Waals surface area contributed by atoms with Crippen molar-refractivity contribution in [3.05, 3.63) is 12.2 Å². The predicted molar refractivity (Wildman–Crippen MR) is 96.6 cm³/mol. The summed E-state index contributed by atoms with van der Waals surface area (Å²) < 4.78 is 11.8. The van der Waals surface area contributed by atoms with Gasteiger partial charge in [-0.15, -0.1) is 0 Å². The van der Waals surface area contributed by atoms with Gasteiger partial charge in [0, 0.05) is 0 Å². The SMILES string of the molecule is CC(C=CC[C@@]1(C)COC(C)(C)O1)[C@H]1CC[C@H]2C(O)CCC[C@]12C. The van der Waals surface area contributed by atoms with E-state index in [0.717, 1.165) is 12.8 Å². The van der Waals surface area contributed by atoms with Gasteiger partial charge < -0.3 is 14.6 Å². The monoisotopic (exact) mass is 336 g/mol. The van der Waals surface area contributed by atoms with Crippen molar-refractivity contribution in [3.63, 3.8) is 0 Å². The zero-order valence-corrected chi connectivity index (χ0v) is 16.2. The van der Waals surface area contributed by atoms with Crippen LogP contribution in [0.3, 0.4) is 0 Å². The van der Waals surface area contributed by atoms with Crippen molar-refractivity contribution >= 4 is 0 Å². The second-order valence-corrected chi connectivity index (χ2v) is 9.49. The van der Waals surface area contributed by atoms with E-state index in [1.807, 2.05) is 13.8 Å². The van der Waals surface area contributed by atoms with Gasteiger partial charge in [0.1, 0.15) is 0 Å². The molecule has 0 aromatic rings. The molecule has 3 aliphatic rings. The average Bonchev–Trinajstić information content (AvgIpc) is 2.96. The van der Waals surface area contributed by atoms with E-state index in [9.17, 15) is 5.11 Å². The van der Waals surface area contributed by atoms with Gasteiger partial charge in [0.15, 0.2) is 5.79 Å². The molecule has 1 saturated heterocycles. The van der Waals surface area contributed by atoms with Crippen LogP contribution in [0.1, 0.15) is 73.1 Å². The molecule has 6 atom stereocenters. The van der Waals surface area contributed by atoms with Crippen molar-refractivity contribution in [2.24, 2.45) is 23.2 Å². The number of fused-ring (bicyclic) bond motifs is 1. The lowest BCUT2D eigenvalue weighted by Crippen LogP contribution is -2.41. The Morgan fingerprint density at radius 1 is 1.17 bits per heavy atom. The van der Waals surface area contributed by atoms with Crippen molar-refractivity contribution in [3.8, 4) is 0 Å². The molecule has 0 amide bonds. The predicted octanol–water partition coefficient (Wildman–Crippen LogP) is 4.69. The number of aliphatic hydroxyl groups excluding tert-OH is 1. The van der Waals surface area contributed by atoms with Gasteiger partial charge in [-0.2, -0.15) is 0 Å². The summed E-state index contributed by atoms with van der Waals surface area (Å²) in [6, 6.07) is 0. The Bertz CT molecular complexity index is 485. The highest BCUT2D eigenvalue weighted by Crippen LogP contribution is 2.57. The number of hydrogen-bond acceptors (Lipinski definition) is 3. The highest BCUT2D eigenvalue weighted by molar-refractivity contribution is 5.06. The second kappa shape index (κ2) is 6.41. The van der Waals surface area contributed by atoms with Crippen molar-refractivity contribution in [2.75, 3.05) is 6.61 Å². The van der Waals surface area contributed by atoms with Gasteiger partial charge in [-0.25, -0.2) is 0 Å². The first-order valence-electron chi connectivity index (χ1n) is 9.84. The molecular weight excluding hydrogens is 300 g/mol. The molecular formula is C21H36O3. The molecule has 138 valence electrons. The molecule has 2 saturated carbocycles. The smallest absolute Gasteiger partial charge is 0.163 e. The third kappa shape index (κ3) is 3.45. The molecule has 1 aliphatic heterocycles. The molecule has 0 bridgehead atoms. The summed E-state index contributed by atoms with van der Waals surface area (Å²) in [5.74, 6) is 1.30. The van der Waals surface area contributed by atoms with Crippen molar-refractivity contribution < 1.29 is 14.6 Å². The van der Waals surface area contributed by atoms with Crippen LogP contribution in [0.25, 0.3) is 0 Å². The van der Waals surface area contributed by atoms with E-state index in [0.29, 0.717) is 29.8 Å². The van der Waals surface area contributed by atoms with E-state index < -0.39 is 5.79 Å². The van der Waals surface area contributed by atoms with Gasteiger partial charge in [-0.05, 0) is 76.0 Å². The number of rotatable bonds is 4. The Balaban J connectivity index is 1.60. The average molecular weight is 337 g/mol. The molecule has 24 heavy (non-hydrogen) atoms. The van der Waals surface area contributed by atoms with Gasteiger partial charge in [0.25, 0.3) is 0 Å². The van der Waals surface area contributed by atoms with Crippen LogP contribution in [-0.4, -0.2) is 29.2 Å². The Labute approximate surface area is 147 Å². The lowest BCUT2D eigenvalue weighted by molar-refractivity contribution is -0.156. The largest absolute Gasteiger partial charge is 0.393 e. The first-order valence-corrected chi connectivity index (χ1v) is 9.84. The van der Waals surface area contributed by atoms with Gasteiger partial charge in [0.05, 0.1) is 18.3 Å². The number of aliphatic hydroxyl groups is 1. The molecule has 0 spiro atoms. The quantitative estimate of drug-likeness (QED) is 0.757. The standard InChI is InChI=1S/C21H36O3/c1-15(8-6-12-20(4)14-23-19(2,3)24-20)16-10-11-17-18(22)9-7-13-21(16,17)5/h6,8,15-18,22H,7,9-14H2,1-5H3/t15?,16-,17+,18?,20+,21-/m1/s1. The maximum absolute atomic E-state index is 10.4. The summed E-state index contributed by atoms with van der Waals surface area (Å²) in [5, 5.41) is 10.4. The Morgan fingerprint density at radius 2 is 1.92 bits per heavy atom. The van der Waals surface area contributed by atoms with Crippen molar-refractivity contribution in [2.45, 2.75) is 90.6 Å². The van der Waals surface area contributed by atoms with Gasteiger partial charge in [-0.1, -0.05) is 32.4 Å². The lowest BCUT2D eigenvalue weighted by Gasteiger charge is -2.44. The molecule has 0 aromatic heterocycles. The summed E-state index contributed by atoms with van der Waals surface area (Å²) >= 11 is 0. The molecule has 0 radical (unpaired) electrons. The van der Waals surface area contributed by atoms with Gasteiger partial charge in [0.2, 0.25) is 0 Å². The van der Waals surface area contributed by atoms with Crippen LogP contribution in [0.5, 0.6) is 0 Å². The minimum atomic E-state index is -0.460. The second-order valence-electron chi connectivity index (χ2n) is 9.49. The van der Waals surface area contributed by atoms with Gasteiger partial charge in [-0.3, -0.25) is 0 Å². The van der Waals surface area contributed by atoms with E-state index in [2.05, 4.69) is 32.9 Å². The van der Waals surface area contributed by atoms with Crippen molar-refractivity contribution in [1.82, 2.24) is 0 Å². The first kappa shape index (κ1) is 18.4. The molecule has 0 aromatic carbocycles. The first-order chi connectivity index (χ1) is 11.2. The van der Waals surface area contributed by atoms with E-state index in [-0.39, 0.29) is 11.7 Å². The molecule has 1 heterocycles. The van der Waals surface area contributed by atoms with E-state index in [1.54, 1.807) is 0 Å². The molecule has 2 aliphatic carbocycles. The van der Waals surface area contributed by atoms with Gasteiger partial charge >= 0.3 is 0 Å². The summed E-state index contributed by atoms with van der Waals surface area (Å²) in [4.78, 5) is 0. The van der Waals surface area contributed by atoms with E-state index in [4.69, 9.17) is 9.47 Å². The number of allylic oxidation sites excluding steroid dienone is 1. The third-order valence-corrected chi connectivity index (χ3v) is 7.00. The van der Waals surface area contributed by atoms with Crippen LogP contribution < -0.4 is 0 Å². The fraction of sp³-hybridized carbons (Fsp3) is 0.905. The van der Waals surface area contributed by atoms with Crippen LogP contribution in [0.2, 0.25) is 0 Å². The summed E-state index contributed by atoms with van der Waals surface area (Å²) in [5.41, 5.74) is 0.114. The van der Waals surface area contributed by atoms with Crippen LogP contribution in [0.4, 0.5) is 0 Å².